The summed E-state index contributed by atoms with van der Waals surface area (Å²) in [7, 11) is 1.30. The molecule has 2 atom stereocenters. The van der Waals surface area contributed by atoms with E-state index in [0.29, 0.717) is 0 Å². The minimum Gasteiger partial charge on any atom is -0.504 e. The molecule has 0 spiro atoms. The van der Waals surface area contributed by atoms with Crippen LogP contribution in [0.3, 0.4) is 0 Å². The lowest BCUT2D eigenvalue weighted by atomic mass is 10.0. The van der Waals surface area contributed by atoms with Gasteiger partial charge in [-0.25, -0.2) is 4.39 Å². The lowest BCUT2D eigenvalue weighted by molar-refractivity contribution is 0.148. The van der Waals surface area contributed by atoms with Gasteiger partial charge >= 0.3 is 0 Å². The summed E-state index contributed by atoms with van der Waals surface area (Å²) in [5.74, 6) is -0.909. The lowest BCUT2D eigenvalue weighted by Crippen LogP contribution is -2.24. The second-order valence-electron chi connectivity index (χ2n) is 3.35. The van der Waals surface area contributed by atoms with Crippen LogP contribution in [-0.4, -0.2) is 23.4 Å². The molecule has 0 amide bonds. The van der Waals surface area contributed by atoms with Gasteiger partial charge in [0, 0.05) is 17.7 Å². The SMILES string of the molecule is COc1cc(F)cc(C(O)C(C)N)c1O. The van der Waals surface area contributed by atoms with Gasteiger partial charge in [-0.1, -0.05) is 0 Å². The molecule has 0 fully saturated rings. The summed E-state index contributed by atoms with van der Waals surface area (Å²) in [6.07, 6.45) is -1.13. The zero-order chi connectivity index (χ0) is 11.6. The molecule has 84 valence electrons. The predicted octanol–water partition coefficient (Wildman–Crippen LogP) is 0.920. The smallest absolute Gasteiger partial charge is 0.163 e. The number of halogens is 1. The van der Waals surface area contributed by atoms with Crippen LogP contribution in [0.2, 0.25) is 0 Å². The Labute approximate surface area is 87.1 Å². The highest BCUT2D eigenvalue weighted by Gasteiger charge is 2.20. The number of aliphatic hydroxyl groups is 1. The third-order valence-electron chi connectivity index (χ3n) is 2.11. The molecule has 1 aromatic carbocycles. The summed E-state index contributed by atoms with van der Waals surface area (Å²) < 4.78 is 17.8. The first-order valence-corrected chi connectivity index (χ1v) is 4.47. The maximum Gasteiger partial charge on any atom is 0.163 e. The van der Waals surface area contributed by atoms with E-state index in [1.54, 1.807) is 6.92 Å². The normalized spacial score (nSPS) is 14.7. The van der Waals surface area contributed by atoms with Crippen LogP contribution >= 0.6 is 0 Å². The maximum atomic E-state index is 13.1. The average molecular weight is 215 g/mol. The third kappa shape index (κ3) is 2.37. The fourth-order valence-corrected chi connectivity index (χ4v) is 1.26. The Morgan fingerprint density at radius 1 is 1.47 bits per heavy atom. The summed E-state index contributed by atoms with van der Waals surface area (Å²) in [5, 5.41) is 19.2. The van der Waals surface area contributed by atoms with Crippen molar-refractivity contribution in [3.8, 4) is 11.5 Å². The fourth-order valence-electron chi connectivity index (χ4n) is 1.26. The monoisotopic (exact) mass is 215 g/mol. The van der Waals surface area contributed by atoms with E-state index in [9.17, 15) is 14.6 Å². The average Bonchev–Trinajstić information content (AvgIpc) is 2.19. The van der Waals surface area contributed by atoms with E-state index in [-0.39, 0.29) is 17.1 Å². The Kier molecular flexibility index (Phi) is 3.49. The highest BCUT2D eigenvalue weighted by Crippen LogP contribution is 2.35. The van der Waals surface area contributed by atoms with E-state index in [0.717, 1.165) is 12.1 Å². The fraction of sp³-hybridized carbons (Fsp3) is 0.400. The number of aromatic hydroxyl groups is 1. The number of phenols is 1. The standard InChI is InChI=1S/C10H14FNO3/c1-5(12)9(13)7-3-6(11)4-8(15-2)10(7)14/h3-5,9,13-14H,12H2,1-2H3. The Balaban J connectivity index is 3.22. The van der Waals surface area contributed by atoms with Crippen LogP contribution in [0.1, 0.15) is 18.6 Å². The molecule has 0 radical (unpaired) electrons. The van der Waals surface area contributed by atoms with Gasteiger partial charge in [0.1, 0.15) is 5.82 Å². The van der Waals surface area contributed by atoms with Crippen molar-refractivity contribution >= 4 is 0 Å². The van der Waals surface area contributed by atoms with Gasteiger partial charge in [-0.2, -0.15) is 0 Å². The van der Waals surface area contributed by atoms with Crippen LogP contribution in [0.4, 0.5) is 4.39 Å². The number of nitrogens with two attached hydrogens (primary N) is 1. The zero-order valence-electron chi connectivity index (χ0n) is 8.57. The number of rotatable bonds is 3. The Morgan fingerprint density at radius 3 is 2.53 bits per heavy atom. The Hall–Kier alpha value is -1.33. The summed E-state index contributed by atoms with van der Waals surface area (Å²) in [5.41, 5.74) is 5.48. The summed E-state index contributed by atoms with van der Waals surface area (Å²) >= 11 is 0. The van der Waals surface area contributed by atoms with Crippen LogP contribution in [-0.2, 0) is 0 Å². The van der Waals surface area contributed by atoms with Crippen LogP contribution in [0.25, 0.3) is 0 Å². The first-order chi connectivity index (χ1) is 6.97. The topological polar surface area (TPSA) is 75.7 Å². The van der Waals surface area contributed by atoms with Gasteiger partial charge < -0.3 is 20.7 Å². The molecular weight excluding hydrogens is 201 g/mol. The van der Waals surface area contributed by atoms with Gasteiger partial charge in [0.2, 0.25) is 0 Å². The highest BCUT2D eigenvalue weighted by atomic mass is 19.1. The molecule has 0 aliphatic heterocycles. The predicted molar refractivity (Wildman–Crippen MR) is 53.2 cm³/mol. The second-order valence-corrected chi connectivity index (χ2v) is 3.35. The van der Waals surface area contributed by atoms with Crippen LogP contribution in [0, 0.1) is 5.82 Å². The van der Waals surface area contributed by atoms with Crippen molar-refractivity contribution in [2.24, 2.45) is 5.73 Å². The molecular formula is C10H14FNO3. The number of hydrogen-bond acceptors (Lipinski definition) is 4. The molecule has 2 unspecified atom stereocenters. The van der Waals surface area contributed by atoms with Gasteiger partial charge in [-0.15, -0.1) is 0 Å². The van der Waals surface area contributed by atoms with Gasteiger partial charge in [-0.05, 0) is 13.0 Å². The Morgan fingerprint density at radius 2 is 2.07 bits per heavy atom. The van der Waals surface area contributed by atoms with Gasteiger partial charge in [0.05, 0.1) is 13.2 Å². The maximum absolute atomic E-state index is 13.1. The second kappa shape index (κ2) is 4.46. The molecule has 15 heavy (non-hydrogen) atoms. The molecule has 1 aromatic rings. The van der Waals surface area contributed by atoms with Gasteiger partial charge in [-0.3, -0.25) is 0 Å². The molecule has 0 aliphatic carbocycles. The minimum atomic E-state index is -1.13. The summed E-state index contributed by atoms with van der Waals surface area (Å²) in [6, 6.07) is 1.46. The number of aliphatic hydroxyl groups excluding tert-OH is 1. The van der Waals surface area contributed by atoms with Gasteiger partial charge in [0.25, 0.3) is 0 Å². The quantitative estimate of drug-likeness (QED) is 0.700. The van der Waals surface area contributed by atoms with E-state index in [1.165, 1.54) is 7.11 Å². The first-order valence-electron chi connectivity index (χ1n) is 4.47. The van der Waals surface area contributed by atoms with Crippen molar-refractivity contribution in [3.63, 3.8) is 0 Å². The van der Waals surface area contributed by atoms with E-state index in [1.807, 2.05) is 0 Å². The molecule has 0 saturated heterocycles. The number of hydrogen-bond donors (Lipinski definition) is 3. The number of methoxy groups -OCH3 is 1. The number of ether oxygens (including phenoxy) is 1. The van der Waals surface area contributed by atoms with Crippen LogP contribution < -0.4 is 10.5 Å². The highest BCUT2D eigenvalue weighted by molar-refractivity contribution is 5.47. The van der Waals surface area contributed by atoms with E-state index in [2.05, 4.69) is 0 Å². The van der Waals surface area contributed by atoms with Crippen molar-refractivity contribution in [2.75, 3.05) is 7.11 Å². The summed E-state index contributed by atoms with van der Waals surface area (Å²) in [6.45, 7) is 1.56. The van der Waals surface area contributed by atoms with Crippen molar-refractivity contribution in [1.29, 1.82) is 0 Å². The van der Waals surface area contributed by atoms with Crippen molar-refractivity contribution in [2.45, 2.75) is 19.1 Å². The lowest BCUT2D eigenvalue weighted by Gasteiger charge is -2.17. The molecule has 5 heteroatoms. The summed E-state index contributed by atoms with van der Waals surface area (Å²) in [4.78, 5) is 0. The van der Waals surface area contributed by atoms with Crippen molar-refractivity contribution in [3.05, 3.63) is 23.5 Å². The third-order valence-corrected chi connectivity index (χ3v) is 2.11. The molecule has 0 saturated carbocycles. The molecule has 1 rings (SSSR count). The molecule has 4 nitrogen and oxygen atoms in total. The molecule has 4 N–H and O–H groups in total. The number of benzene rings is 1. The minimum absolute atomic E-state index is 0.0234. The molecule has 0 aliphatic rings. The van der Waals surface area contributed by atoms with Crippen molar-refractivity contribution < 1.29 is 19.3 Å². The van der Waals surface area contributed by atoms with E-state index >= 15 is 0 Å². The molecule has 0 heterocycles. The largest absolute Gasteiger partial charge is 0.504 e. The van der Waals surface area contributed by atoms with E-state index in [4.69, 9.17) is 10.5 Å². The zero-order valence-corrected chi connectivity index (χ0v) is 8.57. The molecule has 0 bridgehead atoms. The number of phenolic OH excluding ortho intramolecular Hbond substituents is 1. The Bertz CT molecular complexity index is 355. The van der Waals surface area contributed by atoms with E-state index < -0.39 is 18.0 Å². The first kappa shape index (κ1) is 11.7. The van der Waals surface area contributed by atoms with Crippen molar-refractivity contribution in [1.82, 2.24) is 0 Å². The van der Waals surface area contributed by atoms with Crippen LogP contribution in [0.15, 0.2) is 12.1 Å². The molecule has 0 aromatic heterocycles. The van der Waals surface area contributed by atoms with Gasteiger partial charge in [0.15, 0.2) is 11.5 Å². The van der Waals surface area contributed by atoms with Crippen LogP contribution in [0.5, 0.6) is 11.5 Å².